The molecule has 0 saturated carbocycles. The molecule has 0 N–H and O–H groups in total. The van der Waals surface area contributed by atoms with Crippen LogP contribution >= 0.6 is 0 Å². The van der Waals surface area contributed by atoms with Gasteiger partial charge in [0.25, 0.3) is 0 Å². The fourth-order valence-corrected chi connectivity index (χ4v) is 3.25. The summed E-state index contributed by atoms with van der Waals surface area (Å²) < 4.78 is 25.3. The monoisotopic (exact) mass is 232 g/mol. The molecule has 0 aromatic carbocycles. The third kappa shape index (κ3) is 3.18. The van der Waals surface area contributed by atoms with Crippen molar-refractivity contribution in [1.29, 1.82) is 5.26 Å². The van der Waals surface area contributed by atoms with Gasteiger partial charge in [-0.2, -0.15) is 5.26 Å². The van der Waals surface area contributed by atoms with Crippen LogP contribution in [0.4, 0.5) is 0 Å². The van der Waals surface area contributed by atoms with E-state index in [4.69, 9.17) is 5.26 Å². The van der Waals surface area contributed by atoms with Crippen LogP contribution in [0.1, 0.15) is 40.0 Å². The average molecular weight is 232 g/mol. The summed E-state index contributed by atoms with van der Waals surface area (Å²) in [5, 5.41) is 7.87. The second kappa shape index (κ2) is 6.09. The lowest BCUT2D eigenvalue weighted by Gasteiger charge is -2.27. The van der Waals surface area contributed by atoms with Gasteiger partial charge < -0.3 is 0 Å². The molecule has 0 rings (SSSR count). The molecule has 0 amide bonds. The van der Waals surface area contributed by atoms with E-state index in [2.05, 4.69) is 0 Å². The molecule has 1 unspecified atom stereocenters. The van der Waals surface area contributed by atoms with Crippen molar-refractivity contribution in [1.82, 2.24) is 4.31 Å². The normalized spacial score (nSPS) is 14.2. The molecule has 0 fully saturated rings. The molecule has 4 nitrogen and oxygen atoms in total. The van der Waals surface area contributed by atoms with E-state index >= 15 is 0 Å². The van der Waals surface area contributed by atoms with E-state index in [1.807, 2.05) is 19.9 Å². The Morgan fingerprint density at radius 2 is 1.67 bits per heavy atom. The molecule has 5 heteroatoms. The number of sulfonamides is 1. The van der Waals surface area contributed by atoms with Gasteiger partial charge in [-0.15, -0.1) is 0 Å². The van der Waals surface area contributed by atoms with Gasteiger partial charge in [-0.25, -0.2) is 12.7 Å². The van der Waals surface area contributed by atoms with Crippen molar-refractivity contribution in [2.75, 3.05) is 7.05 Å². The van der Waals surface area contributed by atoms with Crippen LogP contribution in [0.2, 0.25) is 0 Å². The number of hydrogen-bond donors (Lipinski definition) is 0. The van der Waals surface area contributed by atoms with Crippen LogP contribution in [-0.4, -0.2) is 31.1 Å². The van der Waals surface area contributed by atoms with Crippen LogP contribution in [0, 0.1) is 11.3 Å². The molecular weight excluding hydrogens is 212 g/mol. The molecule has 0 aromatic rings. The highest BCUT2D eigenvalue weighted by Gasteiger charge is 2.31. The first-order valence-electron chi connectivity index (χ1n) is 5.32. The van der Waals surface area contributed by atoms with Crippen LogP contribution < -0.4 is 0 Å². The number of nitriles is 1. The van der Waals surface area contributed by atoms with Crippen molar-refractivity contribution >= 4 is 10.0 Å². The van der Waals surface area contributed by atoms with E-state index in [0.717, 1.165) is 12.8 Å². The first-order chi connectivity index (χ1) is 6.95. The van der Waals surface area contributed by atoms with E-state index in [1.165, 1.54) is 4.31 Å². The molecular formula is C10H20N2O2S. The lowest BCUT2D eigenvalue weighted by Crippen LogP contribution is -2.41. The molecule has 0 aliphatic heterocycles. The quantitative estimate of drug-likeness (QED) is 0.700. The van der Waals surface area contributed by atoms with Gasteiger partial charge in [0.2, 0.25) is 10.0 Å². The highest BCUT2D eigenvalue weighted by atomic mass is 32.2. The Balaban J connectivity index is 4.96. The minimum absolute atomic E-state index is 0.00241. The molecule has 15 heavy (non-hydrogen) atoms. The first-order valence-corrected chi connectivity index (χ1v) is 6.82. The van der Waals surface area contributed by atoms with Crippen LogP contribution in [0.25, 0.3) is 0 Å². The van der Waals surface area contributed by atoms with Gasteiger partial charge in [0.05, 0.1) is 6.07 Å². The second-order valence-corrected chi connectivity index (χ2v) is 5.73. The highest BCUT2D eigenvalue weighted by molar-refractivity contribution is 7.90. The molecule has 88 valence electrons. The van der Waals surface area contributed by atoms with Crippen LogP contribution in [0.3, 0.4) is 0 Å². The third-order valence-electron chi connectivity index (χ3n) is 2.73. The van der Waals surface area contributed by atoms with E-state index in [-0.39, 0.29) is 6.04 Å². The zero-order valence-corrected chi connectivity index (χ0v) is 10.7. The molecule has 1 atom stereocenters. The number of hydrogen-bond acceptors (Lipinski definition) is 3. The Bertz CT molecular complexity index is 315. The Hall–Kier alpha value is -0.600. The summed E-state index contributed by atoms with van der Waals surface area (Å²) in [5.74, 6) is 0. The highest BCUT2D eigenvalue weighted by Crippen LogP contribution is 2.16. The van der Waals surface area contributed by atoms with Gasteiger partial charge in [-0.05, 0) is 19.3 Å². The second-order valence-electron chi connectivity index (χ2n) is 3.56. The molecule has 0 radical (unpaired) electrons. The summed E-state index contributed by atoms with van der Waals surface area (Å²) in [7, 11) is -1.89. The maximum absolute atomic E-state index is 12.0. The Morgan fingerprint density at radius 1 is 1.20 bits per heavy atom. The zero-order valence-electron chi connectivity index (χ0n) is 9.90. The van der Waals surface area contributed by atoms with Crippen molar-refractivity contribution in [3.05, 3.63) is 0 Å². The van der Waals surface area contributed by atoms with Crippen LogP contribution in [0.15, 0.2) is 0 Å². The fourth-order valence-electron chi connectivity index (χ4n) is 1.58. The smallest absolute Gasteiger partial charge is 0.211 e. The number of nitrogens with zero attached hydrogens (tertiary/aromatic N) is 2. The predicted octanol–water partition coefficient (Wildman–Crippen LogP) is 1.74. The maximum atomic E-state index is 12.0. The van der Waals surface area contributed by atoms with Gasteiger partial charge in [0.1, 0.15) is 0 Å². The van der Waals surface area contributed by atoms with E-state index < -0.39 is 15.3 Å². The average Bonchev–Trinajstić information content (AvgIpc) is 2.20. The van der Waals surface area contributed by atoms with Crippen LogP contribution in [-0.2, 0) is 10.0 Å². The predicted molar refractivity (Wildman–Crippen MR) is 60.7 cm³/mol. The molecule has 0 heterocycles. The largest absolute Gasteiger partial charge is 0.230 e. The minimum Gasteiger partial charge on any atom is -0.211 e. The van der Waals surface area contributed by atoms with Crippen molar-refractivity contribution in [2.45, 2.75) is 51.3 Å². The summed E-state index contributed by atoms with van der Waals surface area (Å²) in [4.78, 5) is 0. The summed E-state index contributed by atoms with van der Waals surface area (Å²) in [6.07, 6.45) is 1.88. The van der Waals surface area contributed by atoms with Crippen LogP contribution in [0.5, 0.6) is 0 Å². The molecule has 0 aliphatic carbocycles. The molecule has 0 saturated heterocycles. The summed E-state index contributed by atoms with van der Waals surface area (Å²) in [6.45, 7) is 5.62. The molecule has 0 spiro atoms. The Labute approximate surface area is 92.9 Å². The number of rotatable bonds is 6. The van der Waals surface area contributed by atoms with E-state index in [0.29, 0.717) is 6.42 Å². The van der Waals surface area contributed by atoms with Gasteiger partial charge in [0, 0.05) is 13.1 Å². The first kappa shape index (κ1) is 14.4. The topological polar surface area (TPSA) is 61.2 Å². The van der Waals surface area contributed by atoms with Crippen molar-refractivity contribution in [2.24, 2.45) is 0 Å². The van der Waals surface area contributed by atoms with Crippen molar-refractivity contribution in [3.8, 4) is 6.07 Å². The summed E-state index contributed by atoms with van der Waals surface area (Å²) >= 11 is 0. The standard InChI is InChI=1S/C10H20N2O2S/c1-5-9(6-2)12(4)15(13,14)10(7-3)8-11/h9-10H,5-7H2,1-4H3. The molecule has 0 bridgehead atoms. The maximum Gasteiger partial charge on any atom is 0.230 e. The van der Waals surface area contributed by atoms with Crippen molar-refractivity contribution in [3.63, 3.8) is 0 Å². The Kier molecular flexibility index (Phi) is 5.84. The summed E-state index contributed by atoms with van der Waals surface area (Å²) in [6, 6.07) is 1.84. The van der Waals surface area contributed by atoms with Crippen molar-refractivity contribution < 1.29 is 8.42 Å². The van der Waals surface area contributed by atoms with Gasteiger partial charge >= 0.3 is 0 Å². The van der Waals surface area contributed by atoms with E-state index in [9.17, 15) is 8.42 Å². The minimum atomic E-state index is -3.45. The van der Waals surface area contributed by atoms with E-state index in [1.54, 1.807) is 14.0 Å². The molecule has 0 aliphatic rings. The summed E-state index contributed by atoms with van der Waals surface area (Å²) in [5.41, 5.74) is 0. The molecule has 0 aromatic heterocycles. The SMILES string of the molecule is CCC(CC)N(C)S(=O)(=O)C(C#N)CC. The zero-order chi connectivity index (χ0) is 12.1. The van der Waals surface area contributed by atoms with Gasteiger partial charge in [-0.3, -0.25) is 0 Å². The fraction of sp³-hybridized carbons (Fsp3) is 0.900. The lowest BCUT2D eigenvalue weighted by molar-refractivity contribution is 0.347. The third-order valence-corrected chi connectivity index (χ3v) is 4.99. The van der Waals surface area contributed by atoms with Gasteiger partial charge in [-0.1, -0.05) is 20.8 Å². The Morgan fingerprint density at radius 3 is 1.93 bits per heavy atom. The lowest BCUT2D eigenvalue weighted by atomic mass is 10.2. The van der Waals surface area contributed by atoms with Gasteiger partial charge in [0.15, 0.2) is 5.25 Å².